The predicted octanol–water partition coefficient (Wildman–Crippen LogP) is 3.93. The minimum Gasteiger partial charge on any atom is -0.478 e. The molecule has 6 nitrogen and oxygen atoms in total. The van der Waals surface area contributed by atoms with Crippen molar-refractivity contribution in [2.24, 2.45) is 5.92 Å². The first kappa shape index (κ1) is 18.5. The summed E-state index contributed by atoms with van der Waals surface area (Å²) in [5.41, 5.74) is 4.07. The largest absolute Gasteiger partial charge is 0.478 e. The minimum atomic E-state index is -0.907. The summed E-state index contributed by atoms with van der Waals surface area (Å²) >= 11 is 0. The van der Waals surface area contributed by atoms with E-state index in [2.05, 4.69) is 35.0 Å². The van der Waals surface area contributed by atoms with Crippen LogP contribution < -0.4 is 0 Å². The van der Waals surface area contributed by atoms with Gasteiger partial charge in [-0.25, -0.2) is 9.78 Å². The molecule has 1 aromatic carbocycles. The van der Waals surface area contributed by atoms with E-state index in [0.29, 0.717) is 23.7 Å². The Morgan fingerprint density at radius 3 is 2.79 bits per heavy atom. The number of aryl methyl sites for hydroxylation is 1. The third-order valence-electron chi connectivity index (χ3n) is 5.68. The van der Waals surface area contributed by atoms with Gasteiger partial charge >= 0.3 is 5.97 Å². The first-order valence-electron chi connectivity index (χ1n) is 9.70. The number of benzene rings is 1. The Hall–Kier alpha value is -2.86. The highest BCUT2D eigenvalue weighted by atomic mass is 16.4. The van der Waals surface area contributed by atoms with Crippen LogP contribution in [0.5, 0.6) is 0 Å². The van der Waals surface area contributed by atoms with Crippen molar-refractivity contribution in [3.8, 4) is 5.69 Å². The normalized spacial score (nSPS) is 15.8. The van der Waals surface area contributed by atoms with E-state index in [1.54, 1.807) is 12.3 Å². The van der Waals surface area contributed by atoms with Gasteiger partial charge in [0, 0.05) is 31.0 Å². The van der Waals surface area contributed by atoms with E-state index in [9.17, 15) is 9.90 Å². The molecule has 28 heavy (non-hydrogen) atoms. The molecule has 1 saturated heterocycles. The van der Waals surface area contributed by atoms with Crippen LogP contribution in [-0.2, 0) is 13.0 Å². The lowest BCUT2D eigenvalue weighted by Gasteiger charge is -2.32. The van der Waals surface area contributed by atoms with Gasteiger partial charge in [0.15, 0.2) is 0 Å². The van der Waals surface area contributed by atoms with Crippen LogP contribution in [0.4, 0.5) is 0 Å². The van der Waals surface area contributed by atoms with Gasteiger partial charge in [-0.05, 0) is 68.1 Å². The Balaban J connectivity index is 1.33. The summed E-state index contributed by atoms with van der Waals surface area (Å²) in [5, 5.41) is 9.22. The van der Waals surface area contributed by atoms with E-state index in [0.717, 1.165) is 38.2 Å². The molecule has 1 N–H and O–H groups in total. The summed E-state index contributed by atoms with van der Waals surface area (Å²) in [4.78, 5) is 17.8. The zero-order valence-electron chi connectivity index (χ0n) is 16.0. The lowest BCUT2D eigenvalue weighted by atomic mass is 9.91. The molecule has 1 aliphatic heterocycles. The second-order valence-corrected chi connectivity index (χ2v) is 7.57. The average molecular weight is 379 g/mol. The molecule has 3 aromatic rings. The number of furan rings is 1. The molecule has 1 fully saturated rings. The van der Waals surface area contributed by atoms with Crippen molar-refractivity contribution in [1.82, 2.24) is 14.5 Å². The van der Waals surface area contributed by atoms with Gasteiger partial charge in [-0.3, -0.25) is 4.90 Å². The summed E-state index contributed by atoms with van der Waals surface area (Å²) in [6, 6.07) is 8.09. The highest BCUT2D eigenvalue weighted by Gasteiger charge is 2.23. The highest BCUT2D eigenvalue weighted by molar-refractivity contribution is 5.88. The number of hydrogen-bond donors (Lipinski definition) is 1. The van der Waals surface area contributed by atoms with Gasteiger partial charge in [0.05, 0.1) is 12.6 Å². The molecule has 4 rings (SSSR count). The van der Waals surface area contributed by atoms with Crippen LogP contribution in [0.2, 0.25) is 0 Å². The van der Waals surface area contributed by atoms with Crippen molar-refractivity contribution in [1.29, 1.82) is 0 Å². The molecule has 0 spiro atoms. The van der Waals surface area contributed by atoms with Crippen LogP contribution in [-0.4, -0.2) is 38.6 Å². The Bertz CT molecular complexity index is 938. The lowest BCUT2D eigenvalue weighted by molar-refractivity contribution is 0.0693. The van der Waals surface area contributed by atoms with E-state index in [1.807, 2.05) is 17.1 Å². The number of rotatable bonds is 6. The molecule has 0 unspecified atom stereocenters. The third kappa shape index (κ3) is 4.02. The maximum atomic E-state index is 11.2. The fraction of sp³-hybridized carbons (Fsp3) is 0.364. The predicted molar refractivity (Wildman–Crippen MR) is 106 cm³/mol. The zero-order chi connectivity index (χ0) is 19.5. The highest BCUT2D eigenvalue weighted by Crippen LogP contribution is 2.26. The summed E-state index contributed by atoms with van der Waals surface area (Å²) in [6.45, 7) is 5.16. The molecule has 0 bridgehead atoms. The van der Waals surface area contributed by atoms with Gasteiger partial charge in [-0.1, -0.05) is 6.07 Å². The molecule has 2 aromatic heterocycles. The summed E-state index contributed by atoms with van der Waals surface area (Å²) in [6.07, 6.45) is 9.86. The van der Waals surface area contributed by atoms with Crippen LogP contribution in [0.3, 0.4) is 0 Å². The number of carboxylic acids is 1. The summed E-state index contributed by atoms with van der Waals surface area (Å²) in [7, 11) is 0. The van der Waals surface area contributed by atoms with Crippen LogP contribution in [0.1, 0.15) is 40.1 Å². The Morgan fingerprint density at radius 1 is 1.29 bits per heavy atom. The zero-order valence-corrected chi connectivity index (χ0v) is 16.0. The van der Waals surface area contributed by atoms with E-state index >= 15 is 0 Å². The summed E-state index contributed by atoms with van der Waals surface area (Å²) < 4.78 is 7.42. The molecule has 3 heterocycles. The SMILES string of the molecule is Cc1cc(-n2ccnc2)ccc1CN1CCC(Cc2occc2C(=O)O)CC1. The van der Waals surface area contributed by atoms with Crippen molar-refractivity contribution in [3.05, 3.63) is 71.7 Å². The van der Waals surface area contributed by atoms with Crippen LogP contribution in [0.25, 0.3) is 5.69 Å². The monoisotopic (exact) mass is 379 g/mol. The Morgan fingerprint density at radius 2 is 2.11 bits per heavy atom. The van der Waals surface area contributed by atoms with Gasteiger partial charge in [-0.2, -0.15) is 0 Å². The minimum absolute atomic E-state index is 0.302. The van der Waals surface area contributed by atoms with Gasteiger partial charge in [0.2, 0.25) is 0 Å². The molecular formula is C22H25N3O3. The van der Waals surface area contributed by atoms with Gasteiger partial charge < -0.3 is 14.1 Å². The first-order valence-corrected chi connectivity index (χ1v) is 9.70. The number of carbonyl (C=O) groups is 1. The molecular weight excluding hydrogens is 354 g/mol. The number of imidazole rings is 1. The topological polar surface area (TPSA) is 71.5 Å². The van der Waals surface area contributed by atoms with Gasteiger partial charge in [0.25, 0.3) is 0 Å². The fourth-order valence-corrected chi connectivity index (χ4v) is 3.97. The average Bonchev–Trinajstić information content (AvgIpc) is 3.37. The van der Waals surface area contributed by atoms with Crippen molar-refractivity contribution in [2.75, 3.05) is 13.1 Å². The molecule has 0 atom stereocenters. The molecule has 0 aliphatic carbocycles. The number of piperidine rings is 1. The lowest BCUT2D eigenvalue weighted by Crippen LogP contribution is -2.34. The van der Waals surface area contributed by atoms with E-state index < -0.39 is 5.97 Å². The third-order valence-corrected chi connectivity index (χ3v) is 5.68. The van der Waals surface area contributed by atoms with Crippen molar-refractivity contribution in [2.45, 2.75) is 32.7 Å². The number of hydrogen-bond acceptors (Lipinski definition) is 4. The number of nitrogens with zero attached hydrogens (tertiary/aromatic N) is 3. The first-order chi connectivity index (χ1) is 13.6. The van der Waals surface area contributed by atoms with E-state index in [1.165, 1.54) is 17.4 Å². The van der Waals surface area contributed by atoms with Crippen molar-refractivity contribution < 1.29 is 14.3 Å². The molecule has 1 aliphatic rings. The van der Waals surface area contributed by atoms with Crippen LogP contribution >= 0.6 is 0 Å². The van der Waals surface area contributed by atoms with Gasteiger partial charge in [-0.15, -0.1) is 0 Å². The van der Waals surface area contributed by atoms with Crippen LogP contribution in [0.15, 0.2) is 53.7 Å². The van der Waals surface area contributed by atoms with Gasteiger partial charge in [0.1, 0.15) is 11.3 Å². The maximum Gasteiger partial charge on any atom is 0.339 e. The molecule has 146 valence electrons. The number of likely N-dealkylation sites (tertiary alicyclic amines) is 1. The smallest absolute Gasteiger partial charge is 0.339 e. The standard InChI is InChI=1S/C22H25N3O3/c1-16-12-19(25-10-7-23-15-25)3-2-18(16)14-24-8-4-17(5-9-24)13-21-20(22(26)27)6-11-28-21/h2-3,6-7,10-12,15,17H,4-5,8-9,13-14H2,1H3,(H,26,27). The Labute approximate surface area is 164 Å². The Kier molecular flexibility index (Phi) is 5.30. The quantitative estimate of drug-likeness (QED) is 0.703. The number of carboxylic acid groups (broad SMARTS) is 1. The van der Waals surface area contributed by atoms with Crippen molar-refractivity contribution in [3.63, 3.8) is 0 Å². The fourth-order valence-electron chi connectivity index (χ4n) is 3.97. The summed E-state index contributed by atoms with van der Waals surface area (Å²) in [5.74, 6) is 0.179. The molecule has 0 saturated carbocycles. The maximum absolute atomic E-state index is 11.2. The molecule has 0 radical (unpaired) electrons. The second kappa shape index (κ2) is 8.02. The van der Waals surface area contributed by atoms with Crippen molar-refractivity contribution >= 4 is 5.97 Å². The van der Waals surface area contributed by atoms with Crippen LogP contribution in [0, 0.1) is 12.8 Å². The second-order valence-electron chi connectivity index (χ2n) is 7.57. The number of aromatic carboxylic acids is 1. The van der Waals surface area contributed by atoms with E-state index in [-0.39, 0.29) is 0 Å². The van der Waals surface area contributed by atoms with E-state index in [4.69, 9.17) is 4.42 Å². The molecule has 6 heteroatoms. The molecule has 0 amide bonds. The number of aromatic nitrogens is 2.